The molecule has 0 aromatic rings. The van der Waals surface area contributed by atoms with Crippen LogP contribution in [0.25, 0.3) is 0 Å². The maximum Gasteiger partial charge on any atom is 0.333 e. The molecule has 0 spiro atoms. The molecule has 2 atom stereocenters. The van der Waals surface area contributed by atoms with Crippen LogP contribution in [0.4, 0.5) is 0 Å². The summed E-state index contributed by atoms with van der Waals surface area (Å²) in [5, 5.41) is 9.92. The van der Waals surface area contributed by atoms with Gasteiger partial charge < -0.3 is 25.1 Å². The Labute approximate surface area is 127 Å². The van der Waals surface area contributed by atoms with Crippen LogP contribution in [0.1, 0.15) is 40.0 Å². The van der Waals surface area contributed by atoms with Gasteiger partial charge in [0.1, 0.15) is 0 Å². The summed E-state index contributed by atoms with van der Waals surface area (Å²) in [6.07, 6.45) is 0.432. The lowest BCUT2D eigenvalue weighted by molar-refractivity contribution is -0.240. The second-order valence-electron chi connectivity index (χ2n) is 5.28. The van der Waals surface area contributed by atoms with E-state index in [9.17, 15) is 9.90 Å². The van der Waals surface area contributed by atoms with Gasteiger partial charge in [-0.25, -0.2) is 4.79 Å². The Hall–Kier alpha value is -0.950. The number of nitrogens with two attached hydrogens (primary N) is 1. The third-order valence-electron chi connectivity index (χ3n) is 3.13. The van der Waals surface area contributed by atoms with E-state index >= 15 is 0 Å². The molecule has 0 bridgehead atoms. The monoisotopic (exact) mass is 303 g/mol. The van der Waals surface area contributed by atoms with Crippen LogP contribution in [-0.4, -0.2) is 49.3 Å². The Morgan fingerprint density at radius 3 is 2.52 bits per heavy atom. The van der Waals surface area contributed by atoms with Crippen molar-refractivity contribution in [1.82, 2.24) is 0 Å². The molecule has 0 rings (SSSR count). The topological polar surface area (TPSA) is 91.0 Å². The van der Waals surface area contributed by atoms with Gasteiger partial charge in [0.05, 0.1) is 18.8 Å². The van der Waals surface area contributed by atoms with Gasteiger partial charge in [-0.1, -0.05) is 6.58 Å². The van der Waals surface area contributed by atoms with Crippen molar-refractivity contribution in [3.05, 3.63) is 12.2 Å². The van der Waals surface area contributed by atoms with Crippen molar-refractivity contribution in [3.63, 3.8) is 0 Å². The predicted molar refractivity (Wildman–Crippen MR) is 80.6 cm³/mol. The van der Waals surface area contributed by atoms with E-state index in [2.05, 4.69) is 6.58 Å². The number of esters is 1. The molecule has 0 aliphatic carbocycles. The normalized spacial score (nSPS) is 14.6. The van der Waals surface area contributed by atoms with Gasteiger partial charge in [-0.3, -0.25) is 0 Å². The molecular formula is C15H29NO5. The molecule has 0 aliphatic heterocycles. The zero-order valence-electron chi connectivity index (χ0n) is 13.6. The van der Waals surface area contributed by atoms with Crippen molar-refractivity contribution in [2.75, 3.05) is 20.3 Å². The van der Waals surface area contributed by atoms with Crippen LogP contribution in [-0.2, 0) is 19.0 Å². The van der Waals surface area contributed by atoms with Gasteiger partial charge in [0.25, 0.3) is 0 Å². The van der Waals surface area contributed by atoms with E-state index in [0.717, 1.165) is 0 Å². The molecule has 0 amide bonds. The van der Waals surface area contributed by atoms with Crippen LogP contribution in [0.15, 0.2) is 12.2 Å². The number of hydrogen-bond acceptors (Lipinski definition) is 6. The number of ether oxygens (including phenoxy) is 3. The maximum absolute atomic E-state index is 11.4. The molecule has 0 aromatic carbocycles. The number of carbonyl (C=O) groups excluding carboxylic acids is 1. The average molecular weight is 303 g/mol. The second kappa shape index (κ2) is 9.89. The quantitative estimate of drug-likeness (QED) is 0.340. The van der Waals surface area contributed by atoms with Crippen LogP contribution in [0.3, 0.4) is 0 Å². The van der Waals surface area contributed by atoms with Crippen molar-refractivity contribution in [1.29, 1.82) is 0 Å². The number of rotatable bonds is 11. The first kappa shape index (κ1) is 20.1. The van der Waals surface area contributed by atoms with Gasteiger partial charge in [0, 0.05) is 19.2 Å². The van der Waals surface area contributed by atoms with Crippen LogP contribution in [0, 0.1) is 0 Å². The standard InChI is InChI=1S/C15H29NO5/c1-6-20-14(18)11(2)8-7-9-13(12(17)10-16)21-15(3,4)19-5/h12-13,17H,2,6-10,16H2,1,3-5H3/t12-,13?/m1/s1. The van der Waals surface area contributed by atoms with Crippen molar-refractivity contribution < 1.29 is 24.1 Å². The van der Waals surface area contributed by atoms with E-state index < -0.39 is 18.0 Å². The summed E-state index contributed by atoms with van der Waals surface area (Å²) in [6, 6.07) is 0. The highest BCUT2D eigenvalue weighted by Crippen LogP contribution is 2.20. The van der Waals surface area contributed by atoms with Gasteiger partial charge in [0.15, 0.2) is 5.79 Å². The minimum atomic E-state index is -0.807. The minimum Gasteiger partial charge on any atom is -0.463 e. The average Bonchev–Trinajstić information content (AvgIpc) is 2.45. The molecule has 124 valence electrons. The molecule has 1 unspecified atom stereocenters. The summed E-state index contributed by atoms with van der Waals surface area (Å²) in [7, 11) is 1.54. The molecule has 0 aliphatic rings. The number of methoxy groups -OCH3 is 1. The zero-order chi connectivity index (χ0) is 16.5. The van der Waals surface area contributed by atoms with Crippen LogP contribution < -0.4 is 5.73 Å². The van der Waals surface area contributed by atoms with Gasteiger partial charge >= 0.3 is 5.97 Å². The number of hydrogen-bond donors (Lipinski definition) is 2. The van der Waals surface area contributed by atoms with Crippen LogP contribution in [0.2, 0.25) is 0 Å². The fourth-order valence-electron chi connectivity index (χ4n) is 1.75. The molecule has 0 saturated heterocycles. The largest absolute Gasteiger partial charge is 0.463 e. The van der Waals surface area contributed by atoms with E-state index in [1.807, 2.05) is 0 Å². The lowest BCUT2D eigenvalue weighted by Crippen LogP contribution is -2.42. The SMILES string of the molecule is C=C(CCCC(OC(C)(C)OC)[C@H](O)CN)C(=O)OCC. The maximum atomic E-state index is 11.4. The molecule has 21 heavy (non-hydrogen) atoms. The smallest absolute Gasteiger partial charge is 0.333 e. The van der Waals surface area contributed by atoms with E-state index in [1.54, 1.807) is 20.8 Å². The van der Waals surface area contributed by atoms with E-state index in [4.69, 9.17) is 19.9 Å². The number of aliphatic hydroxyl groups is 1. The van der Waals surface area contributed by atoms with Gasteiger partial charge in [-0.2, -0.15) is 0 Å². The number of aliphatic hydroxyl groups excluding tert-OH is 1. The Morgan fingerprint density at radius 2 is 2.05 bits per heavy atom. The molecule has 3 N–H and O–H groups in total. The highest BCUT2D eigenvalue weighted by molar-refractivity contribution is 5.87. The first-order valence-electron chi connectivity index (χ1n) is 7.23. The van der Waals surface area contributed by atoms with Crippen molar-refractivity contribution in [2.24, 2.45) is 5.73 Å². The zero-order valence-corrected chi connectivity index (χ0v) is 13.6. The lowest BCUT2D eigenvalue weighted by atomic mass is 10.0. The lowest BCUT2D eigenvalue weighted by Gasteiger charge is -2.32. The molecule has 0 radical (unpaired) electrons. The third kappa shape index (κ3) is 8.16. The van der Waals surface area contributed by atoms with Crippen LogP contribution in [0.5, 0.6) is 0 Å². The Bertz CT molecular complexity index is 330. The van der Waals surface area contributed by atoms with Crippen molar-refractivity contribution >= 4 is 5.97 Å². The summed E-state index contributed by atoms with van der Waals surface area (Å²) in [6.45, 7) is 9.41. The molecule has 6 nitrogen and oxygen atoms in total. The summed E-state index contributed by atoms with van der Waals surface area (Å²) in [4.78, 5) is 11.4. The van der Waals surface area contributed by atoms with E-state index in [0.29, 0.717) is 31.4 Å². The fourth-order valence-corrected chi connectivity index (χ4v) is 1.75. The van der Waals surface area contributed by atoms with Gasteiger partial charge in [-0.15, -0.1) is 0 Å². The summed E-state index contributed by atoms with van der Waals surface area (Å²) < 4.78 is 15.8. The highest BCUT2D eigenvalue weighted by Gasteiger charge is 2.27. The second-order valence-corrected chi connectivity index (χ2v) is 5.28. The van der Waals surface area contributed by atoms with Crippen molar-refractivity contribution in [3.8, 4) is 0 Å². The molecule has 0 heterocycles. The highest BCUT2D eigenvalue weighted by atomic mass is 16.7. The van der Waals surface area contributed by atoms with Gasteiger partial charge in [0.2, 0.25) is 0 Å². The van der Waals surface area contributed by atoms with Crippen LogP contribution >= 0.6 is 0 Å². The Morgan fingerprint density at radius 1 is 1.43 bits per heavy atom. The summed E-state index contributed by atoms with van der Waals surface area (Å²) >= 11 is 0. The first-order valence-corrected chi connectivity index (χ1v) is 7.23. The van der Waals surface area contributed by atoms with E-state index in [-0.39, 0.29) is 12.5 Å². The van der Waals surface area contributed by atoms with Gasteiger partial charge in [-0.05, 0) is 40.0 Å². The molecular weight excluding hydrogens is 274 g/mol. The first-order chi connectivity index (χ1) is 9.77. The summed E-state index contributed by atoms with van der Waals surface area (Å²) in [5.74, 6) is -1.19. The molecule has 0 aromatic heterocycles. The number of carbonyl (C=O) groups is 1. The minimum absolute atomic E-state index is 0.100. The third-order valence-corrected chi connectivity index (χ3v) is 3.13. The predicted octanol–water partition coefficient (Wildman–Crippen LogP) is 1.36. The molecule has 0 fully saturated rings. The molecule has 6 heteroatoms. The Kier molecular flexibility index (Phi) is 9.44. The van der Waals surface area contributed by atoms with E-state index in [1.165, 1.54) is 7.11 Å². The summed E-state index contributed by atoms with van der Waals surface area (Å²) in [5.41, 5.74) is 5.91. The Balaban J connectivity index is 4.37. The van der Waals surface area contributed by atoms with Crippen molar-refractivity contribution in [2.45, 2.75) is 58.0 Å². The fraction of sp³-hybridized carbons (Fsp3) is 0.800. The molecule has 0 saturated carbocycles.